The summed E-state index contributed by atoms with van der Waals surface area (Å²) < 4.78 is 27.4. The quantitative estimate of drug-likeness (QED) is 0.328. The molecular weight excluding hydrogens is 230 g/mol. The molecule has 0 saturated heterocycles. The predicted octanol–water partition coefficient (Wildman–Crippen LogP) is 1.63. The van der Waals surface area contributed by atoms with Crippen molar-refractivity contribution in [3.05, 3.63) is 12.7 Å². The van der Waals surface area contributed by atoms with E-state index in [0.717, 1.165) is 32.1 Å². The molecule has 5 nitrogen and oxygen atoms in total. The summed E-state index contributed by atoms with van der Waals surface area (Å²) in [5.41, 5.74) is 4.70. The lowest BCUT2D eigenvalue weighted by Crippen LogP contribution is -2.41. The predicted molar refractivity (Wildman–Crippen MR) is 71.3 cm³/mol. The van der Waals surface area contributed by atoms with Gasteiger partial charge >= 0.3 is 5.97 Å². The van der Waals surface area contributed by atoms with Gasteiger partial charge in [0.1, 0.15) is 12.1 Å². The highest BCUT2D eigenvalue weighted by Crippen LogP contribution is 2.37. The van der Waals surface area contributed by atoms with Crippen LogP contribution in [0.3, 0.4) is 0 Å². The highest BCUT2D eigenvalue weighted by atomic mass is 16.6. The summed E-state index contributed by atoms with van der Waals surface area (Å²) in [5, 5.41) is 7.27. The average molecular weight is 256 g/mol. The van der Waals surface area contributed by atoms with E-state index in [4.69, 9.17) is 20.0 Å². The minimum Gasteiger partial charge on any atom is -0.458 e. The number of rotatable bonds is 6. The molecule has 0 heterocycles. The minimum absolute atomic E-state index is 0.525. The first-order valence-electron chi connectivity index (χ1n) is 7.65. The van der Waals surface area contributed by atoms with Crippen LogP contribution in [-0.2, 0) is 9.53 Å². The summed E-state index contributed by atoms with van der Waals surface area (Å²) in [6.45, 7) is 0.498. The third-order valence-electron chi connectivity index (χ3n) is 3.23. The number of carbonyl (C=O) groups is 1. The van der Waals surface area contributed by atoms with E-state index in [1.165, 1.54) is 0 Å². The second-order valence-corrected chi connectivity index (χ2v) is 4.66. The molecule has 1 fully saturated rings. The van der Waals surface area contributed by atoms with Gasteiger partial charge in [-0.25, -0.2) is 0 Å². The summed E-state index contributed by atoms with van der Waals surface area (Å²) in [5.74, 6) is -1.33. The molecule has 1 aliphatic rings. The van der Waals surface area contributed by atoms with Crippen LogP contribution in [-0.4, -0.2) is 36.0 Å². The first kappa shape index (κ1) is 10.4. The van der Waals surface area contributed by atoms with Crippen LogP contribution >= 0.6 is 0 Å². The van der Waals surface area contributed by atoms with Gasteiger partial charge in [-0.05, 0) is 38.5 Å². The third kappa shape index (κ3) is 4.05. The van der Waals surface area contributed by atoms with Crippen molar-refractivity contribution in [2.75, 3.05) is 13.5 Å². The van der Waals surface area contributed by atoms with E-state index < -0.39 is 31.1 Å². The van der Waals surface area contributed by atoms with E-state index in [-0.39, 0.29) is 0 Å². The third-order valence-corrected chi connectivity index (χ3v) is 3.23. The minimum atomic E-state index is -2.63. The van der Waals surface area contributed by atoms with Crippen LogP contribution in [0.5, 0.6) is 0 Å². The molecule has 0 radical (unpaired) electrons. The van der Waals surface area contributed by atoms with Gasteiger partial charge in [0, 0.05) is 11.1 Å². The molecule has 5 heteroatoms. The summed E-state index contributed by atoms with van der Waals surface area (Å²) in [6, 6.07) is 0. The first-order valence-corrected chi connectivity index (χ1v) is 6.15. The van der Waals surface area contributed by atoms with Gasteiger partial charge in [-0.3, -0.25) is 10.2 Å². The number of hydrogen-bond donors (Lipinski definition) is 2. The maximum absolute atomic E-state index is 12.0. The number of esters is 1. The van der Waals surface area contributed by atoms with Gasteiger partial charge in [0.15, 0.2) is 5.96 Å². The van der Waals surface area contributed by atoms with E-state index in [1.54, 1.807) is 6.08 Å². The zero-order valence-electron chi connectivity index (χ0n) is 13.6. The van der Waals surface area contributed by atoms with E-state index in [0.29, 0.717) is 11.3 Å². The Labute approximate surface area is 113 Å². The fourth-order valence-electron chi connectivity index (χ4n) is 2.28. The maximum atomic E-state index is 12.0. The van der Waals surface area contributed by atoms with Crippen molar-refractivity contribution < 1.29 is 13.6 Å². The molecule has 0 bridgehead atoms. The molecule has 0 aliphatic heterocycles. The average Bonchev–Trinajstić information content (AvgIpc) is 2.80. The Balaban J connectivity index is 2.69. The Kier molecular flexibility index (Phi) is 3.71. The summed E-state index contributed by atoms with van der Waals surface area (Å²) in [7, 11) is 0. The molecule has 1 saturated carbocycles. The number of nitrogens with one attached hydrogen (secondary N) is 1. The molecule has 0 spiro atoms. The molecule has 0 aromatic heterocycles. The Morgan fingerprint density at radius 3 is 2.83 bits per heavy atom. The molecule has 0 atom stereocenters. The van der Waals surface area contributed by atoms with Crippen LogP contribution in [0.1, 0.15) is 42.6 Å². The number of nitrogens with two attached hydrogens (primary N) is 1. The van der Waals surface area contributed by atoms with Crippen LogP contribution in [0.4, 0.5) is 0 Å². The van der Waals surface area contributed by atoms with E-state index in [9.17, 15) is 4.79 Å². The number of allylic oxidation sites excluding steroid dienone is 1. The van der Waals surface area contributed by atoms with Crippen LogP contribution in [0.15, 0.2) is 12.7 Å². The first-order chi connectivity index (χ1) is 9.70. The Hall–Kier alpha value is -1.52. The normalized spacial score (nSPS) is 20.3. The summed E-state index contributed by atoms with van der Waals surface area (Å²) >= 11 is 0. The fourth-order valence-corrected chi connectivity index (χ4v) is 2.28. The van der Waals surface area contributed by atoms with Gasteiger partial charge in [0.25, 0.3) is 0 Å². The smallest absolute Gasteiger partial charge is 0.326 e. The SMILES string of the molecule is [2H]C([2H])([2H])N(CC(=O)OC1(CCC=C)CCCC1)C(=N)N. The molecule has 0 aromatic carbocycles. The zero-order valence-corrected chi connectivity index (χ0v) is 10.6. The molecule has 102 valence electrons. The van der Waals surface area contributed by atoms with E-state index in [1.807, 2.05) is 0 Å². The Bertz CT molecular complexity index is 404. The second kappa shape index (κ2) is 6.42. The number of hydrogen-bond acceptors (Lipinski definition) is 3. The van der Waals surface area contributed by atoms with E-state index >= 15 is 0 Å². The monoisotopic (exact) mass is 256 g/mol. The number of ether oxygens (including phenoxy) is 1. The van der Waals surface area contributed by atoms with Gasteiger partial charge in [0.05, 0.1) is 0 Å². The van der Waals surface area contributed by atoms with Gasteiger partial charge in [0.2, 0.25) is 0 Å². The number of carbonyl (C=O) groups excluding carboxylic acids is 1. The van der Waals surface area contributed by atoms with Crippen molar-refractivity contribution in [1.29, 1.82) is 5.41 Å². The maximum Gasteiger partial charge on any atom is 0.326 e. The van der Waals surface area contributed by atoms with Crippen LogP contribution in [0, 0.1) is 5.41 Å². The van der Waals surface area contributed by atoms with E-state index in [2.05, 4.69) is 6.58 Å². The highest BCUT2D eigenvalue weighted by molar-refractivity contribution is 5.81. The molecule has 0 aromatic rings. The fraction of sp³-hybridized carbons (Fsp3) is 0.692. The lowest BCUT2D eigenvalue weighted by Gasteiger charge is -2.29. The molecule has 1 aliphatic carbocycles. The van der Waals surface area contributed by atoms with Crippen molar-refractivity contribution in [1.82, 2.24) is 4.90 Å². The van der Waals surface area contributed by atoms with Gasteiger partial charge in [-0.15, -0.1) is 6.58 Å². The van der Waals surface area contributed by atoms with Crippen molar-refractivity contribution >= 4 is 11.9 Å². The lowest BCUT2D eigenvalue weighted by molar-refractivity contribution is -0.160. The molecular formula is C13H23N3O2. The topological polar surface area (TPSA) is 79.4 Å². The molecule has 3 N–H and O–H groups in total. The van der Waals surface area contributed by atoms with Crippen LogP contribution in [0.25, 0.3) is 0 Å². The lowest BCUT2D eigenvalue weighted by atomic mass is 9.95. The molecule has 0 amide bonds. The molecule has 0 unspecified atom stereocenters. The van der Waals surface area contributed by atoms with Crippen molar-refractivity contribution in [3.63, 3.8) is 0 Å². The van der Waals surface area contributed by atoms with Crippen LogP contribution < -0.4 is 5.73 Å². The van der Waals surface area contributed by atoms with Crippen molar-refractivity contribution in [2.45, 2.75) is 44.1 Å². The Morgan fingerprint density at radius 1 is 1.67 bits per heavy atom. The van der Waals surface area contributed by atoms with Gasteiger partial charge in [-0.2, -0.15) is 0 Å². The number of nitrogens with zero attached hydrogens (tertiary/aromatic N) is 1. The standard InChI is InChI=1S/C13H23N3O2/c1-3-4-7-13(8-5-6-9-13)18-11(17)10-16(2)12(14)15/h3H,1,4-10H2,2H3,(H3,14,15)/i2D3. The number of likely N-dealkylation sites (N-methyl/N-ethyl adjacent to an activating group) is 1. The van der Waals surface area contributed by atoms with Gasteiger partial charge in [-0.1, -0.05) is 6.08 Å². The van der Waals surface area contributed by atoms with Gasteiger partial charge < -0.3 is 15.4 Å². The summed E-state index contributed by atoms with van der Waals surface area (Å²) in [6.07, 6.45) is 6.73. The zero-order chi connectivity index (χ0) is 16.1. The van der Waals surface area contributed by atoms with Crippen molar-refractivity contribution in [3.8, 4) is 0 Å². The largest absolute Gasteiger partial charge is 0.458 e. The highest BCUT2D eigenvalue weighted by Gasteiger charge is 2.36. The van der Waals surface area contributed by atoms with Crippen molar-refractivity contribution in [2.24, 2.45) is 5.73 Å². The number of guanidine groups is 1. The van der Waals surface area contributed by atoms with Crippen LogP contribution in [0.2, 0.25) is 0 Å². The molecule has 18 heavy (non-hydrogen) atoms. The summed E-state index contributed by atoms with van der Waals surface area (Å²) in [4.78, 5) is 12.6. The second-order valence-electron chi connectivity index (χ2n) is 4.66. The molecule has 1 rings (SSSR count). The Morgan fingerprint density at radius 2 is 2.33 bits per heavy atom.